The molecule has 0 aliphatic heterocycles. The smallest absolute Gasteiger partial charge is 0.274 e. The molecular weight excluding hydrogens is 435 g/mol. The third-order valence-corrected chi connectivity index (χ3v) is 7.15. The fourth-order valence-electron chi connectivity index (χ4n) is 5.04. The second-order valence-electron chi connectivity index (χ2n) is 8.59. The number of aromatic nitrogens is 3. The van der Waals surface area contributed by atoms with E-state index in [1.165, 1.54) is 23.7 Å². The minimum Gasteiger partial charge on any atom is -0.393 e. The van der Waals surface area contributed by atoms with Crippen LogP contribution in [0.15, 0.2) is 36.8 Å². The Morgan fingerprint density at radius 3 is 2.88 bits per heavy atom. The molecule has 5 N–H and O–H groups in total. The van der Waals surface area contributed by atoms with Crippen molar-refractivity contribution < 1.29 is 17.9 Å². The number of fused-ring (bicyclic) bond motifs is 2. The van der Waals surface area contributed by atoms with Crippen molar-refractivity contribution >= 4 is 27.1 Å². The van der Waals surface area contributed by atoms with Gasteiger partial charge >= 0.3 is 0 Å². The maximum absolute atomic E-state index is 15.1. The molecule has 1 saturated carbocycles. The van der Waals surface area contributed by atoms with Crippen LogP contribution < -0.4 is 15.2 Å². The maximum atomic E-state index is 15.1. The van der Waals surface area contributed by atoms with Gasteiger partial charge in [0.1, 0.15) is 17.8 Å². The standard InChI is InChI=1S/C21H25FN6O3S/c22-16-10-28(14-7-13(18(29)8-14)9-26-32(23,30)31)21-19(16)20(24-11-25-21)27-17-6-5-12-3-1-2-4-15(12)17/h1-4,10-11,13-14,17-18,26,29H,5-9H2,(H2,23,30,31)(H,24,25,27)/t13-,14+,17-,18-/m0/s1. The van der Waals surface area contributed by atoms with Crippen LogP contribution in [-0.4, -0.2) is 40.7 Å². The molecule has 1 aromatic carbocycles. The predicted octanol–water partition coefficient (Wildman–Crippen LogP) is 1.77. The van der Waals surface area contributed by atoms with Crippen LogP contribution in [0.5, 0.6) is 0 Å². The van der Waals surface area contributed by atoms with E-state index in [-0.39, 0.29) is 24.5 Å². The van der Waals surface area contributed by atoms with E-state index in [2.05, 4.69) is 32.1 Å². The summed E-state index contributed by atoms with van der Waals surface area (Å²) in [7, 11) is -3.84. The Bertz CT molecular complexity index is 1260. The lowest BCUT2D eigenvalue weighted by molar-refractivity contribution is 0.133. The minimum absolute atomic E-state index is 0.0288. The molecule has 2 aromatic heterocycles. The van der Waals surface area contributed by atoms with Crippen LogP contribution in [-0.2, 0) is 16.6 Å². The van der Waals surface area contributed by atoms with Crippen LogP contribution in [0.25, 0.3) is 11.0 Å². The zero-order valence-electron chi connectivity index (χ0n) is 17.3. The molecule has 2 aliphatic rings. The Morgan fingerprint density at radius 1 is 1.25 bits per heavy atom. The molecule has 3 aromatic rings. The first kappa shape index (κ1) is 21.3. The average molecular weight is 461 g/mol. The molecule has 11 heteroatoms. The lowest BCUT2D eigenvalue weighted by Gasteiger charge is -2.16. The van der Waals surface area contributed by atoms with Gasteiger partial charge in [0.2, 0.25) is 0 Å². The summed E-state index contributed by atoms with van der Waals surface area (Å²) in [5.41, 5.74) is 2.93. The molecular formula is C21H25FN6O3S. The van der Waals surface area contributed by atoms with Gasteiger partial charge in [-0.1, -0.05) is 24.3 Å². The van der Waals surface area contributed by atoms with E-state index in [0.717, 1.165) is 12.8 Å². The van der Waals surface area contributed by atoms with Gasteiger partial charge in [-0.05, 0) is 36.8 Å². The number of nitrogens with two attached hydrogens (primary N) is 1. The molecule has 5 rings (SSSR count). The average Bonchev–Trinajstić information content (AvgIpc) is 3.42. The normalized spacial score (nSPS) is 25.3. The second kappa shape index (κ2) is 8.07. The van der Waals surface area contributed by atoms with Crippen molar-refractivity contribution in [1.82, 2.24) is 19.3 Å². The van der Waals surface area contributed by atoms with E-state index in [4.69, 9.17) is 5.14 Å². The van der Waals surface area contributed by atoms with Crippen LogP contribution in [0, 0.1) is 11.7 Å². The Hall–Kier alpha value is -2.60. The molecule has 0 saturated heterocycles. The number of hydrogen-bond donors (Lipinski definition) is 4. The zero-order chi connectivity index (χ0) is 22.5. The summed E-state index contributed by atoms with van der Waals surface area (Å²) in [5, 5.41) is 19.1. The highest BCUT2D eigenvalue weighted by Crippen LogP contribution is 2.39. The van der Waals surface area contributed by atoms with Crippen molar-refractivity contribution in [3.05, 3.63) is 53.7 Å². The van der Waals surface area contributed by atoms with Gasteiger partial charge < -0.3 is 15.0 Å². The summed E-state index contributed by atoms with van der Waals surface area (Å²) < 4.78 is 41.4. The highest BCUT2D eigenvalue weighted by atomic mass is 32.2. The molecule has 1 fully saturated rings. The Labute approximate surface area is 185 Å². The summed E-state index contributed by atoms with van der Waals surface area (Å²) in [4.78, 5) is 8.64. The molecule has 170 valence electrons. The van der Waals surface area contributed by atoms with Crippen molar-refractivity contribution in [3.8, 4) is 0 Å². The van der Waals surface area contributed by atoms with E-state index in [1.807, 2.05) is 12.1 Å². The van der Waals surface area contributed by atoms with Gasteiger partial charge in [-0.25, -0.2) is 24.2 Å². The first-order valence-corrected chi connectivity index (χ1v) is 12.2. The highest BCUT2D eigenvalue weighted by Gasteiger charge is 2.36. The fourth-order valence-corrected chi connectivity index (χ4v) is 5.49. The lowest BCUT2D eigenvalue weighted by Crippen LogP contribution is -2.36. The van der Waals surface area contributed by atoms with Gasteiger partial charge in [-0.2, -0.15) is 8.42 Å². The third kappa shape index (κ3) is 3.96. The number of aliphatic hydroxyl groups excluding tert-OH is 1. The van der Waals surface area contributed by atoms with Crippen molar-refractivity contribution in [2.45, 2.75) is 43.9 Å². The van der Waals surface area contributed by atoms with E-state index in [1.54, 1.807) is 4.57 Å². The number of aryl methyl sites for hydroxylation is 1. The maximum Gasteiger partial charge on any atom is 0.274 e. The van der Waals surface area contributed by atoms with Crippen molar-refractivity contribution in [2.24, 2.45) is 11.1 Å². The Kier molecular flexibility index (Phi) is 5.36. The van der Waals surface area contributed by atoms with Gasteiger partial charge in [-0.3, -0.25) is 0 Å². The number of halogens is 1. The minimum atomic E-state index is -3.84. The topological polar surface area (TPSA) is 135 Å². The molecule has 0 radical (unpaired) electrons. The fraction of sp³-hybridized carbons (Fsp3) is 0.429. The first-order valence-electron chi connectivity index (χ1n) is 10.6. The van der Waals surface area contributed by atoms with E-state index in [0.29, 0.717) is 29.7 Å². The van der Waals surface area contributed by atoms with Crippen LogP contribution >= 0.6 is 0 Å². The van der Waals surface area contributed by atoms with Crippen LogP contribution in [0.1, 0.15) is 42.5 Å². The van der Waals surface area contributed by atoms with E-state index in [9.17, 15) is 13.5 Å². The molecule has 2 aliphatic carbocycles. The molecule has 0 spiro atoms. The Morgan fingerprint density at radius 2 is 2.06 bits per heavy atom. The summed E-state index contributed by atoms with van der Waals surface area (Å²) >= 11 is 0. The number of nitrogens with zero attached hydrogens (tertiary/aromatic N) is 3. The van der Waals surface area contributed by atoms with E-state index < -0.39 is 22.1 Å². The van der Waals surface area contributed by atoms with E-state index >= 15 is 4.39 Å². The van der Waals surface area contributed by atoms with Crippen LogP contribution in [0.3, 0.4) is 0 Å². The molecule has 0 amide bonds. The molecule has 2 heterocycles. The quantitative estimate of drug-likeness (QED) is 0.443. The number of hydrogen-bond acceptors (Lipinski definition) is 6. The van der Waals surface area contributed by atoms with Crippen molar-refractivity contribution in [2.75, 3.05) is 11.9 Å². The van der Waals surface area contributed by atoms with Gasteiger partial charge in [0.05, 0.1) is 17.5 Å². The van der Waals surface area contributed by atoms with Gasteiger partial charge in [0.15, 0.2) is 5.82 Å². The van der Waals surface area contributed by atoms with Crippen LogP contribution in [0.2, 0.25) is 0 Å². The number of rotatable bonds is 6. The SMILES string of the molecule is NS(=O)(=O)NC[C@@H]1C[C@@H](n2cc(F)c3c(N[C@H]4CCc5ccccc54)ncnc32)C[C@@H]1O. The molecule has 9 nitrogen and oxygen atoms in total. The third-order valence-electron chi connectivity index (χ3n) is 6.58. The summed E-state index contributed by atoms with van der Waals surface area (Å²) in [6.45, 7) is 0.0288. The van der Waals surface area contributed by atoms with Crippen LogP contribution in [0.4, 0.5) is 10.2 Å². The molecule has 32 heavy (non-hydrogen) atoms. The molecule has 4 atom stereocenters. The highest BCUT2D eigenvalue weighted by molar-refractivity contribution is 7.87. The van der Waals surface area contributed by atoms with Gasteiger partial charge in [-0.15, -0.1) is 0 Å². The molecule has 0 bridgehead atoms. The summed E-state index contributed by atoms with van der Waals surface area (Å²) in [6, 6.07) is 8.03. The largest absolute Gasteiger partial charge is 0.393 e. The molecule has 0 unspecified atom stereocenters. The number of anilines is 1. The zero-order valence-corrected chi connectivity index (χ0v) is 18.1. The van der Waals surface area contributed by atoms with Gasteiger partial charge in [0.25, 0.3) is 10.2 Å². The first-order chi connectivity index (χ1) is 15.3. The van der Waals surface area contributed by atoms with Crippen molar-refractivity contribution in [3.63, 3.8) is 0 Å². The second-order valence-corrected chi connectivity index (χ2v) is 9.96. The van der Waals surface area contributed by atoms with Gasteiger partial charge in [0, 0.05) is 24.7 Å². The monoisotopic (exact) mass is 460 g/mol. The predicted molar refractivity (Wildman–Crippen MR) is 117 cm³/mol. The van der Waals surface area contributed by atoms with Crippen molar-refractivity contribution in [1.29, 1.82) is 0 Å². The Balaban J connectivity index is 1.41. The number of benzene rings is 1. The number of aliphatic hydroxyl groups is 1. The lowest BCUT2D eigenvalue weighted by atomic mass is 10.1. The summed E-state index contributed by atoms with van der Waals surface area (Å²) in [5.74, 6) is -0.317. The summed E-state index contributed by atoms with van der Waals surface area (Å²) in [6.07, 6.45) is 4.76. The number of nitrogens with one attached hydrogen (secondary N) is 2.